The third-order valence-corrected chi connectivity index (χ3v) is 3.24. The van der Waals surface area contributed by atoms with Crippen molar-refractivity contribution in [2.24, 2.45) is 5.92 Å². The van der Waals surface area contributed by atoms with Gasteiger partial charge in [-0.2, -0.15) is 0 Å². The summed E-state index contributed by atoms with van der Waals surface area (Å²) in [6.45, 7) is 4.00. The van der Waals surface area contributed by atoms with Crippen molar-refractivity contribution in [2.45, 2.75) is 13.8 Å². The Morgan fingerprint density at radius 2 is 2.00 bits per heavy atom. The van der Waals surface area contributed by atoms with E-state index in [2.05, 4.69) is 20.7 Å². The molecule has 0 heterocycles. The van der Waals surface area contributed by atoms with Crippen molar-refractivity contribution in [1.29, 1.82) is 0 Å². The number of hydrogen-bond acceptors (Lipinski definition) is 3. The minimum absolute atomic E-state index is 0.111. The smallest absolute Gasteiger partial charge is 0.310 e. The molecule has 0 radical (unpaired) electrons. The average molecular weight is 328 g/mol. The molecule has 0 saturated heterocycles. The van der Waals surface area contributed by atoms with Gasteiger partial charge in [-0.15, -0.1) is 0 Å². The second kappa shape index (κ2) is 6.70. The first kappa shape index (κ1) is 15.7. The first-order chi connectivity index (χ1) is 8.85. The lowest BCUT2D eigenvalue weighted by atomic mass is 10.1. The fourth-order valence-electron chi connectivity index (χ4n) is 1.85. The van der Waals surface area contributed by atoms with Crippen LogP contribution in [-0.2, 0) is 9.53 Å². The lowest BCUT2D eigenvalue weighted by Gasteiger charge is -2.20. The van der Waals surface area contributed by atoms with Crippen LogP contribution in [0.3, 0.4) is 0 Å². The Labute approximate surface area is 121 Å². The molecule has 5 heteroatoms. The zero-order valence-corrected chi connectivity index (χ0v) is 13.2. The second-order valence-corrected chi connectivity index (χ2v) is 5.54. The lowest BCUT2D eigenvalue weighted by Crippen LogP contribution is -2.34. The number of carbonyl (C=O) groups excluding carboxylic acids is 2. The number of carbonyl (C=O) groups is 2. The van der Waals surface area contributed by atoms with Crippen LogP contribution < -0.4 is 0 Å². The third-order valence-electron chi connectivity index (χ3n) is 2.79. The van der Waals surface area contributed by atoms with Crippen LogP contribution in [0, 0.1) is 12.8 Å². The van der Waals surface area contributed by atoms with Gasteiger partial charge in [0.05, 0.1) is 13.0 Å². The van der Waals surface area contributed by atoms with Gasteiger partial charge in [-0.1, -0.05) is 22.9 Å². The summed E-state index contributed by atoms with van der Waals surface area (Å²) >= 11 is 3.37. The number of hydrogen-bond donors (Lipinski definition) is 0. The van der Waals surface area contributed by atoms with Crippen LogP contribution in [0.2, 0.25) is 0 Å². The molecule has 1 aromatic rings. The molecule has 1 aromatic carbocycles. The van der Waals surface area contributed by atoms with Crippen LogP contribution in [0.25, 0.3) is 0 Å². The van der Waals surface area contributed by atoms with Crippen LogP contribution in [0.1, 0.15) is 22.8 Å². The van der Waals surface area contributed by atoms with E-state index in [1.54, 1.807) is 20.0 Å². The van der Waals surface area contributed by atoms with Crippen molar-refractivity contribution in [1.82, 2.24) is 4.90 Å². The molecule has 1 rings (SSSR count). The van der Waals surface area contributed by atoms with Crippen LogP contribution in [0.15, 0.2) is 22.7 Å². The van der Waals surface area contributed by atoms with E-state index in [0.29, 0.717) is 12.1 Å². The van der Waals surface area contributed by atoms with Gasteiger partial charge in [-0.05, 0) is 30.7 Å². The summed E-state index contributed by atoms with van der Waals surface area (Å²) < 4.78 is 5.52. The number of methoxy groups -OCH3 is 1. The Morgan fingerprint density at radius 3 is 2.53 bits per heavy atom. The molecule has 104 valence electrons. The van der Waals surface area contributed by atoms with Crippen LogP contribution in [0.4, 0.5) is 0 Å². The molecule has 1 atom stereocenters. The van der Waals surface area contributed by atoms with Gasteiger partial charge in [0.2, 0.25) is 0 Å². The highest BCUT2D eigenvalue weighted by molar-refractivity contribution is 9.10. The maximum Gasteiger partial charge on any atom is 0.310 e. The molecule has 0 aliphatic heterocycles. The summed E-state index contributed by atoms with van der Waals surface area (Å²) in [6.07, 6.45) is 0. The maximum atomic E-state index is 12.2. The molecule has 1 amide bonds. The number of benzene rings is 1. The molecule has 0 saturated carbocycles. The van der Waals surface area contributed by atoms with Crippen molar-refractivity contribution >= 4 is 27.8 Å². The number of ether oxygens (including phenoxy) is 1. The van der Waals surface area contributed by atoms with E-state index in [0.717, 1.165) is 10.0 Å². The van der Waals surface area contributed by atoms with Crippen molar-refractivity contribution in [3.8, 4) is 0 Å². The number of amides is 1. The molecule has 19 heavy (non-hydrogen) atoms. The number of rotatable bonds is 4. The predicted octanol–water partition coefficient (Wildman–Crippen LogP) is 2.64. The minimum Gasteiger partial charge on any atom is -0.469 e. The van der Waals surface area contributed by atoms with Gasteiger partial charge >= 0.3 is 5.97 Å². The second-order valence-electron chi connectivity index (χ2n) is 4.63. The fourth-order valence-corrected chi connectivity index (χ4v) is 2.46. The van der Waals surface area contributed by atoms with E-state index >= 15 is 0 Å². The van der Waals surface area contributed by atoms with Gasteiger partial charge < -0.3 is 9.64 Å². The minimum atomic E-state index is -0.341. The normalized spacial score (nSPS) is 11.8. The zero-order chi connectivity index (χ0) is 14.6. The third kappa shape index (κ3) is 4.35. The van der Waals surface area contributed by atoms with Gasteiger partial charge in [0, 0.05) is 23.6 Å². The topological polar surface area (TPSA) is 46.6 Å². The quantitative estimate of drug-likeness (QED) is 0.799. The Balaban J connectivity index is 2.79. The van der Waals surface area contributed by atoms with E-state index in [1.165, 1.54) is 12.0 Å². The van der Waals surface area contributed by atoms with E-state index in [4.69, 9.17) is 0 Å². The predicted molar refractivity (Wildman–Crippen MR) is 77.0 cm³/mol. The van der Waals surface area contributed by atoms with Crippen LogP contribution in [0.5, 0.6) is 0 Å². The van der Waals surface area contributed by atoms with Gasteiger partial charge in [0.15, 0.2) is 0 Å². The molecule has 0 aliphatic rings. The number of halogens is 1. The monoisotopic (exact) mass is 327 g/mol. The van der Waals surface area contributed by atoms with Crippen LogP contribution in [-0.4, -0.2) is 37.5 Å². The zero-order valence-electron chi connectivity index (χ0n) is 11.6. The molecule has 0 bridgehead atoms. The van der Waals surface area contributed by atoms with Gasteiger partial charge in [0.25, 0.3) is 5.91 Å². The average Bonchev–Trinajstić information content (AvgIpc) is 2.35. The van der Waals surface area contributed by atoms with Crippen molar-refractivity contribution < 1.29 is 14.3 Å². The molecule has 0 aliphatic carbocycles. The standard InChI is InChI=1S/C14H18BrNO3/c1-9-5-11(7-12(15)6-9)13(17)16(3)8-10(2)14(18)19-4/h5-7,10H,8H2,1-4H3/t10-/m1/s1. The summed E-state index contributed by atoms with van der Waals surface area (Å²) in [6, 6.07) is 5.54. The number of nitrogens with zero attached hydrogens (tertiary/aromatic N) is 1. The van der Waals surface area contributed by atoms with Crippen molar-refractivity contribution in [2.75, 3.05) is 20.7 Å². The summed E-state index contributed by atoms with van der Waals surface area (Å²) in [5, 5.41) is 0. The fraction of sp³-hybridized carbons (Fsp3) is 0.429. The first-order valence-electron chi connectivity index (χ1n) is 5.95. The number of esters is 1. The summed E-state index contributed by atoms with van der Waals surface area (Å²) in [7, 11) is 3.02. The molecular formula is C14H18BrNO3. The summed E-state index contributed by atoms with van der Waals surface area (Å²) in [4.78, 5) is 25.1. The molecule has 0 spiro atoms. The summed E-state index contributed by atoms with van der Waals surface area (Å²) in [5.41, 5.74) is 1.61. The highest BCUT2D eigenvalue weighted by atomic mass is 79.9. The summed E-state index contributed by atoms with van der Waals surface area (Å²) in [5.74, 6) is -0.766. The molecular weight excluding hydrogens is 310 g/mol. The largest absolute Gasteiger partial charge is 0.469 e. The van der Waals surface area contributed by atoms with Crippen molar-refractivity contribution in [3.63, 3.8) is 0 Å². The molecule has 0 N–H and O–H groups in total. The van der Waals surface area contributed by atoms with Gasteiger partial charge in [0.1, 0.15) is 0 Å². The highest BCUT2D eigenvalue weighted by Crippen LogP contribution is 2.17. The Bertz CT molecular complexity index is 467. The molecule has 0 fully saturated rings. The Morgan fingerprint density at radius 1 is 1.37 bits per heavy atom. The highest BCUT2D eigenvalue weighted by Gasteiger charge is 2.19. The molecule has 4 nitrogen and oxygen atoms in total. The Hall–Kier alpha value is -1.36. The molecule has 0 aromatic heterocycles. The molecule has 0 unspecified atom stereocenters. The maximum absolute atomic E-state index is 12.2. The van der Waals surface area contributed by atoms with E-state index in [9.17, 15) is 9.59 Å². The van der Waals surface area contributed by atoms with Crippen LogP contribution >= 0.6 is 15.9 Å². The lowest BCUT2D eigenvalue weighted by molar-refractivity contribution is -0.145. The SMILES string of the molecule is COC(=O)[C@H](C)CN(C)C(=O)c1cc(C)cc(Br)c1. The van der Waals surface area contributed by atoms with Gasteiger partial charge in [-0.25, -0.2) is 0 Å². The van der Waals surface area contributed by atoms with E-state index in [-0.39, 0.29) is 17.8 Å². The van der Waals surface area contributed by atoms with Gasteiger partial charge in [-0.3, -0.25) is 9.59 Å². The Kier molecular flexibility index (Phi) is 5.54. The van der Waals surface area contributed by atoms with E-state index < -0.39 is 0 Å². The van der Waals surface area contributed by atoms with Crippen molar-refractivity contribution in [3.05, 3.63) is 33.8 Å². The first-order valence-corrected chi connectivity index (χ1v) is 6.75. The van der Waals surface area contributed by atoms with E-state index in [1.807, 2.05) is 19.1 Å². The number of aryl methyl sites for hydroxylation is 1.